The molecule has 1 unspecified atom stereocenters. The lowest BCUT2D eigenvalue weighted by atomic mass is 10.1. The highest BCUT2D eigenvalue weighted by atomic mass is 16.4. The molecule has 2 N–H and O–H groups in total. The third-order valence-electron chi connectivity index (χ3n) is 2.43. The number of hydrogen-bond acceptors (Lipinski definition) is 3. The van der Waals surface area contributed by atoms with Crippen LogP contribution in [-0.4, -0.2) is 26.9 Å². The molecule has 0 saturated carbocycles. The fraction of sp³-hybridized carbons (Fsp3) is 0.636. The number of aromatic nitrogens is 2. The fourth-order valence-electron chi connectivity index (χ4n) is 1.59. The van der Waals surface area contributed by atoms with Crippen molar-refractivity contribution in [2.75, 3.05) is 5.32 Å². The van der Waals surface area contributed by atoms with Gasteiger partial charge in [0.2, 0.25) is 0 Å². The van der Waals surface area contributed by atoms with E-state index in [1.807, 2.05) is 20.2 Å². The Kier molecular flexibility index (Phi) is 4.34. The van der Waals surface area contributed by atoms with Gasteiger partial charge < -0.3 is 10.4 Å². The predicted octanol–water partition coefficient (Wildman–Crippen LogP) is 1.65. The molecule has 1 rings (SSSR count). The minimum absolute atomic E-state index is 0.144. The number of carbonyl (C=O) groups is 1. The van der Waals surface area contributed by atoms with Crippen molar-refractivity contribution in [1.29, 1.82) is 0 Å². The molecule has 1 aromatic rings. The zero-order valence-electron chi connectivity index (χ0n) is 10.0. The fourth-order valence-corrected chi connectivity index (χ4v) is 1.59. The molecular formula is C11H19N3O2. The molecule has 0 aliphatic rings. The number of aliphatic carboxylic acids is 1. The van der Waals surface area contributed by atoms with Crippen LogP contribution in [0.2, 0.25) is 0 Å². The molecule has 0 aliphatic carbocycles. The molecule has 0 aromatic carbocycles. The Morgan fingerprint density at radius 2 is 2.38 bits per heavy atom. The molecule has 0 saturated heterocycles. The maximum Gasteiger partial charge on any atom is 0.303 e. The first-order chi connectivity index (χ1) is 7.52. The number of aryl methyl sites for hydroxylation is 2. The number of anilines is 1. The van der Waals surface area contributed by atoms with Gasteiger partial charge in [-0.3, -0.25) is 9.48 Å². The molecule has 16 heavy (non-hydrogen) atoms. The van der Waals surface area contributed by atoms with E-state index in [1.54, 1.807) is 4.68 Å². The largest absolute Gasteiger partial charge is 0.481 e. The second kappa shape index (κ2) is 5.53. The summed E-state index contributed by atoms with van der Waals surface area (Å²) >= 11 is 0. The lowest BCUT2D eigenvalue weighted by Gasteiger charge is -2.13. The maximum absolute atomic E-state index is 10.4. The topological polar surface area (TPSA) is 67.2 Å². The van der Waals surface area contributed by atoms with Crippen molar-refractivity contribution in [3.05, 3.63) is 11.9 Å². The van der Waals surface area contributed by atoms with Crippen molar-refractivity contribution in [3.8, 4) is 0 Å². The van der Waals surface area contributed by atoms with E-state index in [9.17, 15) is 4.79 Å². The van der Waals surface area contributed by atoms with Gasteiger partial charge in [0.25, 0.3) is 0 Å². The quantitative estimate of drug-likeness (QED) is 0.772. The summed E-state index contributed by atoms with van der Waals surface area (Å²) in [5.41, 5.74) is 2.02. The van der Waals surface area contributed by atoms with Crippen molar-refractivity contribution in [1.82, 2.24) is 9.78 Å². The van der Waals surface area contributed by atoms with Crippen LogP contribution < -0.4 is 5.32 Å². The number of hydrogen-bond donors (Lipinski definition) is 2. The van der Waals surface area contributed by atoms with Crippen LogP contribution in [0.5, 0.6) is 0 Å². The van der Waals surface area contributed by atoms with E-state index >= 15 is 0 Å². The number of carboxylic acid groups (broad SMARTS) is 1. The molecule has 0 aliphatic heterocycles. The normalized spacial score (nSPS) is 12.4. The van der Waals surface area contributed by atoms with Crippen LogP contribution in [0.15, 0.2) is 6.20 Å². The third-order valence-corrected chi connectivity index (χ3v) is 2.43. The molecule has 1 heterocycles. The van der Waals surface area contributed by atoms with E-state index < -0.39 is 5.97 Å². The summed E-state index contributed by atoms with van der Waals surface area (Å²) in [6.45, 7) is 4.03. The van der Waals surface area contributed by atoms with E-state index in [-0.39, 0.29) is 12.5 Å². The van der Waals surface area contributed by atoms with Gasteiger partial charge in [0.1, 0.15) is 0 Å². The van der Waals surface area contributed by atoms with Gasteiger partial charge in [0.15, 0.2) is 0 Å². The van der Waals surface area contributed by atoms with Crippen LogP contribution in [0.4, 0.5) is 5.69 Å². The van der Waals surface area contributed by atoms with Crippen LogP contribution in [0, 0.1) is 0 Å². The van der Waals surface area contributed by atoms with Crippen LogP contribution in [-0.2, 0) is 18.3 Å². The maximum atomic E-state index is 10.4. The van der Waals surface area contributed by atoms with E-state index in [0.717, 1.165) is 17.8 Å². The molecule has 5 heteroatoms. The molecule has 90 valence electrons. The molecule has 1 aromatic heterocycles. The molecule has 1 atom stereocenters. The Hall–Kier alpha value is -1.52. The second-order valence-electron chi connectivity index (χ2n) is 3.99. The van der Waals surface area contributed by atoms with Crippen LogP contribution >= 0.6 is 0 Å². The average molecular weight is 225 g/mol. The monoisotopic (exact) mass is 225 g/mol. The standard InChI is InChI=1S/C11H19N3O2/c1-4-9-10(7-14(3)13-9)12-8(2)5-6-11(15)16/h7-8,12H,4-6H2,1-3H3,(H,15,16). The smallest absolute Gasteiger partial charge is 0.303 e. The van der Waals surface area contributed by atoms with Crippen molar-refractivity contribution in [2.24, 2.45) is 7.05 Å². The van der Waals surface area contributed by atoms with Crippen molar-refractivity contribution in [3.63, 3.8) is 0 Å². The second-order valence-corrected chi connectivity index (χ2v) is 3.99. The minimum atomic E-state index is -0.754. The Labute approximate surface area is 95.5 Å². The summed E-state index contributed by atoms with van der Waals surface area (Å²) < 4.78 is 1.77. The summed E-state index contributed by atoms with van der Waals surface area (Å²) in [4.78, 5) is 10.4. The lowest BCUT2D eigenvalue weighted by Crippen LogP contribution is -2.17. The molecular weight excluding hydrogens is 206 g/mol. The first kappa shape index (κ1) is 12.5. The lowest BCUT2D eigenvalue weighted by molar-refractivity contribution is -0.137. The zero-order valence-corrected chi connectivity index (χ0v) is 10.0. The van der Waals surface area contributed by atoms with E-state index in [1.165, 1.54) is 0 Å². The van der Waals surface area contributed by atoms with Gasteiger partial charge in [-0.2, -0.15) is 5.10 Å². The highest BCUT2D eigenvalue weighted by molar-refractivity contribution is 5.66. The number of nitrogens with zero attached hydrogens (tertiary/aromatic N) is 2. The van der Waals surface area contributed by atoms with Crippen LogP contribution in [0.3, 0.4) is 0 Å². The molecule has 0 amide bonds. The Morgan fingerprint density at radius 3 is 2.94 bits per heavy atom. The van der Waals surface area contributed by atoms with Crippen molar-refractivity contribution in [2.45, 2.75) is 39.2 Å². The highest BCUT2D eigenvalue weighted by Crippen LogP contribution is 2.16. The molecule has 0 radical (unpaired) electrons. The van der Waals surface area contributed by atoms with Gasteiger partial charge >= 0.3 is 5.97 Å². The minimum Gasteiger partial charge on any atom is -0.481 e. The zero-order chi connectivity index (χ0) is 12.1. The summed E-state index contributed by atoms with van der Waals surface area (Å²) in [5, 5.41) is 16.2. The number of rotatable bonds is 6. The van der Waals surface area contributed by atoms with Crippen LogP contribution in [0.25, 0.3) is 0 Å². The van der Waals surface area contributed by atoms with Crippen molar-refractivity contribution < 1.29 is 9.90 Å². The van der Waals surface area contributed by atoms with E-state index in [0.29, 0.717) is 6.42 Å². The molecule has 0 spiro atoms. The van der Waals surface area contributed by atoms with Crippen molar-refractivity contribution >= 4 is 11.7 Å². The first-order valence-corrected chi connectivity index (χ1v) is 5.53. The number of carboxylic acids is 1. The predicted molar refractivity (Wildman–Crippen MR) is 62.5 cm³/mol. The Balaban J connectivity index is 2.54. The Bertz CT molecular complexity index is 360. The van der Waals surface area contributed by atoms with Crippen LogP contribution in [0.1, 0.15) is 32.4 Å². The van der Waals surface area contributed by atoms with Gasteiger partial charge in [-0.15, -0.1) is 0 Å². The number of nitrogens with one attached hydrogen (secondary N) is 1. The van der Waals surface area contributed by atoms with Gasteiger partial charge in [0, 0.05) is 25.7 Å². The first-order valence-electron chi connectivity index (χ1n) is 5.53. The van der Waals surface area contributed by atoms with Gasteiger partial charge in [0.05, 0.1) is 11.4 Å². The molecule has 0 bridgehead atoms. The molecule has 5 nitrogen and oxygen atoms in total. The third kappa shape index (κ3) is 3.56. The van der Waals surface area contributed by atoms with E-state index in [4.69, 9.17) is 5.11 Å². The van der Waals surface area contributed by atoms with E-state index in [2.05, 4.69) is 17.3 Å². The summed E-state index contributed by atoms with van der Waals surface area (Å²) in [5.74, 6) is -0.754. The Morgan fingerprint density at radius 1 is 1.69 bits per heavy atom. The molecule has 0 fully saturated rings. The average Bonchev–Trinajstić information content (AvgIpc) is 2.55. The summed E-state index contributed by atoms with van der Waals surface area (Å²) in [7, 11) is 1.88. The summed E-state index contributed by atoms with van der Waals surface area (Å²) in [6, 6.07) is 0.144. The van der Waals surface area contributed by atoms with Gasteiger partial charge in [-0.25, -0.2) is 0 Å². The SMILES string of the molecule is CCc1nn(C)cc1NC(C)CCC(=O)O. The van der Waals surface area contributed by atoms with Gasteiger partial charge in [-0.1, -0.05) is 6.92 Å². The van der Waals surface area contributed by atoms with Gasteiger partial charge in [-0.05, 0) is 19.8 Å². The highest BCUT2D eigenvalue weighted by Gasteiger charge is 2.10. The summed E-state index contributed by atoms with van der Waals surface area (Å²) in [6.07, 6.45) is 3.61.